The van der Waals surface area contributed by atoms with Crippen molar-refractivity contribution >= 4 is 43.7 Å². The van der Waals surface area contributed by atoms with Crippen molar-refractivity contribution in [2.75, 3.05) is 11.6 Å². The van der Waals surface area contributed by atoms with Crippen LogP contribution in [0.4, 0.5) is 5.00 Å². The largest absolute Gasteiger partial charge is 0.312 e. The Kier molecular flexibility index (Phi) is 4.17. The molecule has 0 aliphatic heterocycles. The lowest BCUT2D eigenvalue weighted by Gasteiger charge is -2.06. The molecule has 20 heavy (non-hydrogen) atoms. The number of carbonyl (C=O) groups excluding carboxylic acids is 1. The quantitative estimate of drug-likeness (QED) is 0.939. The monoisotopic (exact) mass is 329 g/mol. The molecule has 4 nitrogen and oxygen atoms in total. The molecule has 7 heteroatoms. The maximum absolute atomic E-state index is 12.1. The molecule has 0 atom stereocenters. The number of sulfone groups is 1. The van der Waals surface area contributed by atoms with Crippen molar-refractivity contribution in [2.45, 2.75) is 11.8 Å². The predicted octanol–water partition coefficient (Wildman–Crippen LogP) is 3.37. The first kappa shape index (κ1) is 15.0. The Morgan fingerprint density at radius 3 is 2.60 bits per heavy atom. The first-order valence-electron chi connectivity index (χ1n) is 5.64. The van der Waals surface area contributed by atoms with Crippen molar-refractivity contribution in [1.29, 1.82) is 0 Å². The normalized spacial score (nSPS) is 11.3. The van der Waals surface area contributed by atoms with E-state index < -0.39 is 9.84 Å². The molecule has 0 saturated heterocycles. The number of anilines is 1. The van der Waals surface area contributed by atoms with Gasteiger partial charge in [0.05, 0.1) is 0 Å². The minimum atomic E-state index is -3.36. The summed E-state index contributed by atoms with van der Waals surface area (Å²) in [5.74, 6) is -0.390. The third kappa shape index (κ3) is 3.20. The predicted molar refractivity (Wildman–Crippen MR) is 81.6 cm³/mol. The van der Waals surface area contributed by atoms with Crippen LogP contribution in [-0.2, 0) is 9.84 Å². The van der Waals surface area contributed by atoms with Gasteiger partial charge in [-0.1, -0.05) is 17.7 Å². The van der Waals surface area contributed by atoms with E-state index in [0.29, 0.717) is 15.6 Å². The lowest BCUT2D eigenvalue weighted by molar-refractivity contribution is 0.102. The average molecular weight is 330 g/mol. The molecule has 2 rings (SSSR count). The second kappa shape index (κ2) is 5.55. The van der Waals surface area contributed by atoms with Crippen LogP contribution in [0.25, 0.3) is 0 Å². The van der Waals surface area contributed by atoms with Gasteiger partial charge in [0.25, 0.3) is 5.91 Å². The maximum atomic E-state index is 12.1. The molecule has 0 radical (unpaired) electrons. The van der Waals surface area contributed by atoms with Crippen LogP contribution in [0.5, 0.6) is 0 Å². The number of aryl methyl sites for hydroxylation is 1. The van der Waals surface area contributed by atoms with E-state index in [-0.39, 0.29) is 10.8 Å². The van der Waals surface area contributed by atoms with Crippen LogP contribution in [0.2, 0.25) is 5.02 Å². The smallest absolute Gasteiger partial charge is 0.256 e. The fraction of sp³-hybridized carbons (Fsp3) is 0.154. The molecular weight excluding hydrogens is 318 g/mol. The van der Waals surface area contributed by atoms with Crippen LogP contribution in [0.1, 0.15) is 15.9 Å². The van der Waals surface area contributed by atoms with Gasteiger partial charge < -0.3 is 5.32 Å². The highest BCUT2D eigenvalue weighted by Gasteiger charge is 2.17. The van der Waals surface area contributed by atoms with E-state index in [1.165, 1.54) is 6.07 Å². The van der Waals surface area contributed by atoms with Gasteiger partial charge in [-0.15, -0.1) is 11.3 Å². The summed E-state index contributed by atoms with van der Waals surface area (Å²) in [5.41, 5.74) is 1.25. The minimum Gasteiger partial charge on any atom is -0.312 e. The number of nitrogens with one attached hydrogen (secondary N) is 1. The first-order valence-corrected chi connectivity index (χ1v) is 8.79. The number of benzene rings is 1. The van der Waals surface area contributed by atoms with Crippen molar-refractivity contribution in [3.63, 3.8) is 0 Å². The fourth-order valence-corrected chi connectivity index (χ4v) is 3.83. The molecule has 1 N–H and O–H groups in total. The van der Waals surface area contributed by atoms with Crippen LogP contribution in [0.15, 0.2) is 34.5 Å². The lowest BCUT2D eigenvalue weighted by atomic mass is 10.1. The highest BCUT2D eigenvalue weighted by atomic mass is 35.5. The molecule has 106 valence electrons. The Labute approximate surface area is 126 Å². The fourth-order valence-electron chi connectivity index (χ4n) is 1.59. The zero-order valence-electron chi connectivity index (χ0n) is 10.8. The van der Waals surface area contributed by atoms with Crippen molar-refractivity contribution in [2.24, 2.45) is 0 Å². The van der Waals surface area contributed by atoms with E-state index in [2.05, 4.69) is 5.32 Å². The number of amides is 1. The molecule has 1 amide bonds. The molecule has 2 aromatic rings. The molecule has 0 bridgehead atoms. The Morgan fingerprint density at radius 1 is 1.30 bits per heavy atom. The third-order valence-electron chi connectivity index (χ3n) is 2.69. The summed E-state index contributed by atoms with van der Waals surface area (Å²) in [6.45, 7) is 1.84. The van der Waals surface area contributed by atoms with Gasteiger partial charge in [0, 0.05) is 16.8 Å². The molecule has 0 fully saturated rings. The van der Waals surface area contributed by atoms with Gasteiger partial charge in [-0.3, -0.25) is 4.79 Å². The Morgan fingerprint density at radius 2 is 2.00 bits per heavy atom. The second-order valence-electron chi connectivity index (χ2n) is 4.30. The third-order valence-corrected chi connectivity index (χ3v) is 5.20. The van der Waals surface area contributed by atoms with Crippen LogP contribution in [-0.4, -0.2) is 20.6 Å². The van der Waals surface area contributed by atoms with Gasteiger partial charge in [-0.2, -0.15) is 0 Å². The number of carbonyl (C=O) groups is 1. The highest BCUT2D eigenvalue weighted by Crippen LogP contribution is 2.28. The zero-order valence-corrected chi connectivity index (χ0v) is 13.2. The van der Waals surface area contributed by atoms with E-state index in [1.807, 2.05) is 6.92 Å². The Hall–Kier alpha value is -1.37. The van der Waals surface area contributed by atoms with Crippen molar-refractivity contribution in [3.05, 3.63) is 45.8 Å². The zero-order chi connectivity index (χ0) is 14.9. The number of hydrogen-bond acceptors (Lipinski definition) is 4. The summed E-state index contributed by atoms with van der Waals surface area (Å²) < 4.78 is 23.1. The van der Waals surface area contributed by atoms with Crippen LogP contribution in [0.3, 0.4) is 0 Å². The van der Waals surface area contributed by atoms with Gasteiger partial charge in [-0.05, 0) is 36.1 Å². The molecule has 0 aliphatic carbocycles. The van der Waals surface area contributed by atoms with Gasteiger partial charge in [0.2, 0.25) is 0 Å². The lowest BCUT2D eigenvalue weighted by Crippen LogP contribution is -2.13. The SMILES string of the molecule is Cc1ccc(C(=O)Nc2sccc2S(C)(=O)=O)cc1Cl. The number of rotatable bonds is 3. The van der Waals surface area contributed by atoms with Crippen LogP contribution in [0, 0.1) is 6.92 Å². The van der Waals surface area contributed by atoms with Crippen molar-refractivity contribution in [1.82, 2.24) is 0 Å². The van der Waals surface area contributed by atoms with Gasteiger partial charge in [-0.25, -0.2) is 8.42 Å². The summed E-state index contributed by atoms with van der Waals surface area (Å²) in [6.07, 6.45) is 1.10. The molecule has 0 aliphatic rings. The summed E-state index contributed by atoms with van der Waals surface area (Å²) in [4.78, 5) is 12.2. The standard InChI is InChI=1S/C13H12ClNO3S2/c1-8-3-4-9(7-10(8)14)12(16)15-13-11(5-6-19-13)20(2,17)18/h3-7H,1-2H3,(H,15,16). The van der Waals surface area contributed by atoms with E-state index in [1.54, 1.807) is 23.6 Å². The van der Waals surface area contributed by atoms with Gasteiger partial charge in [0.1, 0.15) is 9.90 Å². The molecule has 0 unspecified atom stereocenters. The molecule has 1 aromatic heterocycles. The summed E-state index contributed by atoms with van der Waals surface area (Å²) in [5, 5.41) is 5.03. The highest BCUT2D eigenvalue weighted by molar-refractivity contribution is 7.91. The number of halogens is 1. The van der Waals surface area contributed by atoms with Crippen molar-refractivity contribution < 1.29 is 13.2 Å². The molecule has 1 heterocycles. The Bertz CT molecular complexity index is 766. The Balaban J connectivity index is 2.29. The van der Waals surface area contributed by atoms with Gasteiger partial charge in [0.15, 0.2) is 9.84 Å². The average Bonchev–Trinajstić information content (AvgIpc) is 2.80. The van der Waals surface area contributed by atoms with Crippen molar-refractivity contribution in [3.8, 4) is 0 Å². The van der Waals surface area contributed by atoms with Crippen LogP contribution < -0.4 is 5.32 Å². The van der Waals surface area contributed by atoms with E-state index in [4.69, 9.17) is 11.6 Å². The minimum absolute atomic E-state index is 0.119. The summed E-state index contributed by atoms with van der Waals surface area (Å²) in [7, 11) is -3.36. The van der Waals surface area contributed by atoms with E-state index >= 15 is 0 Å². The first-order chi connectivity index (χ1) is 9.29. The number of hydrogen-bond donors (Lipinski definition) is 1. The second-order valence-corrected chi connectivity index (χ2v) is 7.61. The van der Waals surface area contributed by atoms with E-state index in [9.17, 15) is 13.2 Å². The molecular formula is C13H12ClNO3S2. The summed E-state index contributed by atoms with van der Waals surface area (Å²) >= 11 is 7.13. The summed E-state index contributed by atoms with van der Waals surface area (Å²) in [6, 6.07) is 6.41. The topological polar surface area (TPSA) is 63.2 Å². The van der Waals surface area contributed by atoms with Gasteiger partial charge >= 0.3 is 0 Å². The molecule has 0 saturated carbocycles. The van der Waals surface area contributed by atoms with E-state index in [0.717, 1.165) is 23.2 Å². The molecule has 0 spiro atoms. The maximum Gasteiger partial charge on any atom is 0.256 e. The van der Waals surface area contributed by atoms with Crippen LogP contribution >= 0.6 is 22.9 Å². The molecule has 1 aromatic carbocycles. The number of thiophene rings is 1.